The molecule has 0 aliphatic carbocycles. The van der Waals surface area contributed by atoms with Gasteiger partial charge in [0.05, 0.1) is 12.1 Å². The van der Waals surface area contributed by atoms with Gasteiger partial charge in [0, 0.05) is 25.4 Å². The molecule has 0 saturated heterocycles. The second kappa shape index (κ2) is 9.60. The summed E-state index contributed by atoms with van der Waals surface area (Å²) < 4.78 is 1.29. The monoisotopic (exact) mass is 449 g/mol. The number of aliphatic carboxylic acids is 1. The molecule has 2 aromatic carbocycles. The zero-order valence-electron chi connectivity index (χ0n) is 19.0. The van der Waals surface area contributed by atoms with Crippen molar-refractivity contribution in [1.29, 1.82) is 0 Å². The topological polar surface area (TPSA) is 112 Å². The van der Waals surface area contributed by atoms with Crippen LogP contribution in [0.15, 0.2) is 53.5 Å². The van der Waals surface area contributed by atoms with E-state index >= 15 is 0 Å². The predicted octanol–water partition coefficient (Wildman–Crippen LogP) is 4.01. The standard InChI is InChI=1S/C25H27N3O5/c1-15-10-16(2)12-19(11-15)18-6-5-7-20(13-18)28(25(33)26-9-8-21(29)30)22-23(31)17(3)14-27(4)24(22)32/h5-7,10-14,31H,8-9H2,1-4H3,(H,26,33)(H,29,30). The Bertz CT molecular complexity index is 1260. The lowest BCUT2D eigenvalue weighted by molar-refractivity contribution is -0.136. The van der Waals surface area contributed by atoms with Crippen molar-refractivity contribution in [1.82, 2.24) is 9.88 Å². The molecule has 3 rings (SSSR count). The summed E-state index contributed by atoms with van der Waals surface area (Å²) in [5, 5.41) is 22.2. The molecule has 2 amide bonds. The maximum atomic E-state index is 13.2. The van der Waals surface area contributed by atoms with Gasteiger partial charge in [0.2, 0.25) is 0 Å². The SMILES string of the molecule is Cc1cc(C)cc(-c2cccc(N(C(=O)NCCC(=O)O)c3c(O)c(C)cn(C)c3=O)c2)c1. The predicted molar refractivity (Wildman–Crippen MR) is 127 cm³/mol. The van der Waals surface area contributed by atoms with Crippen LogP contribution in [0.4, 0.5) is 16.2 Å². The van der Waals surface area contributed by atoms with E-state index in [-0.39, 0.29) is 24.4 Å². The molecule has 0 spiro atoms. The van der Waals surface area contributed by atoms with Gasteiger partial charge in [0.25, 0.3) is 5.56 Å². The molecule has 0 fully saturated rings. The average Bonchev–Trinajstić information content (AvgIpc) is 2.74. The Balaban J connectivity index is 2.16. The number of hydrogen-bond donors (Lipinski definition) is 3. The van der Waals surface area contributed by atoms with Crippen molar-refractivity contribution in [2.45, 2.75) is 27.2 Å². The maximum Gasteiger partial charge on any atom is 0.326 e. The van der Waals surface area contributed by atoms with Crippen LogP contribution in [0.3, 0.4) is 0 Å². The van der Waals surface area contributed by atoms with Crippen LogP contribution >= 0.6 is 0 Å². The highest BCUT2D eigenvalue weighted by molar-refractivity contribution is 6.01. The Kier molecular flexibility index (Phi) is 6.86. The third-order valence-electron chi connectivity index (χ3n) is 5.21. The van der Waals surface area contributed by atoms with Crippen molar-refractivity contribution in [2.75, 3.05) is 11.4 Å². The van der Waals surface area contributed by atoms with Gasteiger partial charge in [-0.25, -0.2) is 4.79 Å². The number of carbonyl (C=O) groups is 2. The van der Waals surface area contributed by atoms with E-state index in [4.69, 9.17) is 5.11 Å². The molecule has 0 atom stereocenters. The van der Waals surface area contributed by atoms with E-state index in [0.717, 1.165) is 27.2 Å². The summed E-state index contributed by atoms with van der Waals surface area (Å²) >= 11 is 0. The summed E-state index contributed by atoms with van der Waals surface area (Å²) in [6.45, 7) is 5.49. The molecule has 3 N–H and O–H groups in total. The lowest BCUT2D eigenvalue weighted by Crippen LogP contribution is -2.41. The first-order valence-electron chi connectivity index (χ1n) is 10.5. The molecule has 0 unspecified atom stereocenters. The van der Waals surface area contributed by atoms with E-state index in [9.17, 15) is 19.5 Å². The van der Waals surface area contributed by atoms with E-state index in [2.05, 4.69) is 11.4 Å². The van der Waals surface area contributed by atoms with Crippen LogP contribution in [-0.4, -0.2) is 33.3 Å². The first-order chi connectivity index (χ1) is 15.6. The van der Waals surface area contributed by atoms with Gasteiger partial charge in [-0.15, -0.1) is 0 Å². The van der Waals surface area contributed by atoms with Crippen molar-refractivity contribution in [2.24, 2.45) is 7.05 Å². The Hall–Kier alpha value is -4.07. The fourth-order valence-corrected chi connectivity index (χ4v) is 3.74. The molecule has 0 aliphatic rings. The Morgan fingerprint density at radius 2 is 1.70 bits per heavy atom. The molecule has 8 heteroatoms. The number of aromatic hydroxyl groups is 1. The molecule has 33 heavy (non-hydrogen) atoms. The third kappa shape index (κ3) is 5.23. The fourth-order valence-electron chi connectivity index (χ4n) is 3.74. The van der Waals surface area contributed by atoms with Crippen molar-refractivity contribution < 1.29 is 19.8 Å². The Morgan fingerprint density at radius 3 is 2.33 bits per heavy atom. The van der Waals surface area contributed by atoms with Crippen molar-refractivity contribution >= 4 is 23.4 Å². The molecule has 8 nitrogen and oxygen atoms in total. The lowest BCUT2D eigenvalue weighted by Gasteiger charge is -2.25. The Labute approximate surface area is 191 Å². The van der Waals surface area contributed by atoms with Crippen LogP contribution in [0.2, 0.25) is 0 Å². The molecule has 0 aliphatic heterocycles. The number of pyridine rings is 1. The zero-order chi connectivity index (χ0) is 24.3. The highest BCUT2D eigenvalue weighted by Crippen LogP contribution is 2.34. The molecule has 3 aromatic rings. The van der Waals surface area contributed by atoms with Gasteiger partial charge < -0.3 is 20.1 Å². The first kappa shape index (κ1) is 23.6. The van der Waals surface area contributed by atoms with Gasteiger partial charge in [-0.2, -0.15) is 0 Å². The van der Waals surface area contributed by atoms with E-state index in [1.165, 1.54) is 17.8 Å². The van der Waals surface area contributed by atoms with E-state index < -0.39 is 17.6 Å². The minimum absolute atomic E-state index is 0.131. The quantitative estimate of drug-likeness (QED) is 0.527. The molecule has 1 aromatic heterocycles. The highest BCUT2D eigenvalue weighted by atomic mass is 16.4. The van der Waals surface area contributed by atoms with Crippen molar-refractivity contribution in [3.63, 3.8) is 0 Å². The van der Waals surface area contributed by atoms with Gasteiger partial charge in [-0.3, -0.25) is 14.5 Å². The minimum Gasteiger partial charge on any atom is -0.505 e. The fraction of sp³-hybridized carbons (Fsp3) is 0.240. The molecule has 1 heterocycles. The van der Waals surface area contributed by atoms with Crippen LogP contribution in [0.1, 0.15) is 23.1 Å². The van der Waals surface area contributed by atoms with Gasteiger partial charge in [-0.1, -0.05) is 41.5 Å². The maximum absolute atomic E-state index is 13.2. The number of benzene rings is 2. The van der Waals surface area contributed by atoms with E-state index in [1.807, 2.05) is 32.0 Å². The largest absolute Gasteiger partial charge is 0.505 e. The van der Waals surface area contributed by atoms with E-state index in [1.54, 1.807) is 25.1 Å². The number of aromatic nitrogens is 1. The van der Waals surface area contributed by atoms with Gasteiger partial charge in [-0.05, 0) is 44.0 Å². The second-order valence-corrected chi connectivity index (χ2v) is 8.06. The number of hydrogen-bond acceptors (Lipinski definition) is 4. The van der Waals surface area contributed by atoms with Crippen LogP contribution in [0.5, 0.6) is 5.75 Å². The summed E-state index contributed by atoms with van der Waals surface area (Å²) in [6.07, 6.45) is 1.20. The number of carboxylic acids is 1. The summed E-state index contributed by atoms with van der Waals surface area (Å²) in [4.78, 5) is 38.1. The number of urea groups is 1. The number of nitrogens with zero attached hydrogens (tertiary/aromatic N) is 2. The molecule has 172 valence electrons. The highest BCUT2D eigenvalue weighted by Gasteiger charge is 2.26. The number of aryl methyl sites for hydroxylation is 4. The van der Waals surface area contributed by atoms with Crippen LogP contribution in [0.25, 0.3) is 11.1 Å². The molecular formula is C25H27N3O5. The number of amides is 2. The van der Waals surface area contributed by atoms with Crippen molar-refractivity contribution in [3.8, 4) is 16.9 Å². The Morgan fingerprint density at radius 1 is 1.03 bits per heavy atom. The number of anilines is 2. The molecule has 0 bridgehead atoms. The van der Waals surface area contributed by atoms with Crippen LogP contribution in [-0.2, 0) is 11.8 Å². The van der Waals surface area contributed by atoms with Crippen molar-refractivity contribution in [3.05, 3.63) is 75.7 Å². The zero-order valence-corrected chi connectivity index (χ0v) is 19.0. The number of carboxylic acid groups (broad SMARTS) is 1. The van der Waals surface area contributed by atoms with Gasteiger partial charge >= 0.3 is 12.0 Å². The summed E-state index contributed by atoms with van der Waals surface area (Å²) in [7, 11) is 1.53. The minimum atomic E-state index is -1.06. The lowest BCUT2D eigenvalue weighted by atomic mass is 10.00. The third-order valence-corrected chi connectivity index (χ3v) is 5.21. The van der Waals surface area contributed by atoms with Gasteiger partial charge in [0.1, 0.15) is 5.75 Å². The second-order valence-electron chi connectivity index (χ2n) is 8.06. The summed E-state index contributed by atoms with van der Waals surface area (Å²) in [6, 6.07) is 12.5. The van der Waals surface area contributed by atoms with Crippen LogP contribution in [0, 0.1) is 20.8 Å². The smallest absolute Gasteiger partial charge is 0.326 e. The number of nitrogens with one attached hydrogen (secondary N) is 1. The normalized spacial score (nSPS) is 10.7. The van der Waals surface area contributed by atoms with Gasteiger partial charge in [0.15, 0.2) is 5.69 Å². The van der Waals surface area contributed by atoms with E-state index in [0.29, 0.717) is 11.3 Å². The average molecular weight is 450 g/mol. The molecule has 0 saturated carbocycles. The molecular weight excluding hydrogens is 422 g/mol. The number of rotatable bonds is 6. The summed E-state index contributed by atoms with van der Waals surface area (Å²) in [5.74, 6) is -1.38. The summed E-state index contributed by atoms with van der Waals surface area (Å²) in [5.41, 5.74) is 3.95. The van der Waals surface area contributed by atoms with Crippen LogP contribution < -0.4 is 15.8 Å². The number of carbonyl (C=O) groups excluding carboxylic acids is 1. The molecule has 0 radical (unpaired) electrons. The first-order valence-corrected chi connectivity index (χ1v) is 10.5.